The van der Waals surface area contributed by atoms with Crippen LogP contribution < -0.4 is 4.90 Å². The van der Waals surface area contributed by atoms with Gasteiger partial charge < -0.3 is 9.47 Å². The Labute approximate surface area is 276 Å². The maximum atomic E-state index is 10.4. The topological polar surface area (TPSA) is 32.0 Å². The molecule has 0 fully saturated rings. The lowest BCUT2D eigenvalue weighted by Gasteiger charge is -2.36. The summed E-state index contributed by atoms with van der Waals surface area (Å²) in [6, 6.07) is 37.9. The zero-order valence-electron chi connectivity index (χ0n) is 26.4. The van der Waals surface area contributed by atoms with Crippen molar-refractivity contribution in [2.75, 3.05) is 4.90 Å². The van der Waals surface area contributed by atoms with Crippen molar-refractivity contribution in [2.45, 2.75) is 37.6 Å². The molecule has 5 aromatic rings. The zero-order valence-corrected chi connectivity index (χ0v) is 26.4. The third-order valence-corrected chi connectivity index (χ3v) is 10.5. The lowest BCUT2D eigenvalue weighted by atomic mass is 9.85. The van der Waals surface area contributed by atoms with Crippen molar-refractivity contribution < 1.29 is 0 Å². The normalized spacial score (nSPS) is 23.1. The monoisotopic (exact) mass is 605 g/mol. The molecule has 0 N–H and O–H groups in total. The molecular formula is C44H35N3. The first-order chi connectivity index (χ1) is 23.2. The molecule has 4 aromatic carbocycles. The summed E-state index contributed by atoms with van der Waals surface area (Å²) < 4.78 is 2.27. The summed E-state index contributed by atoms with van der Waals surface area (Å²) >= 11 is 0. The van der Waals surface area contributed by atoms with E-state index in [-0.39, 0.29) is 5.92 Å². The Morgan fingerprint density at radius 2 is 1.47 bits per heavy atom. The van der Waals surface area contributed by atoms with Crippen LogP contribution >= 0.6 is 0 Å². The summed E-state index contributed by atoms with van der Waals surface area (Å²) in [6.45, 7) is 2.36. The predicted molar refractivity (Wildman–Crippen MR) is 195 cm³/mol. The van der Waals surface area contributed by atoms with E-state index < -0.39 is 0 Å². The van der Waals surface area contributed by atoms with E-state index in [0.717, 1.165) is 35.1 Å². The van der Waals surface area contributed by atoms with Gasteiger partial charge in [-0.05, 0) is 47.7 Å². The van der Waals surface area contributed by atoms with Crippen molar-refractivity contribution in [3.05, 3.63) is 174 Å². The van der Waals surface area contributed by atoms with Crippen LogP contribution in [0.15, 0.2) is 157 Å². The highest BCUT2D eigenvalue weighted by Gasteiger charge is 2.40. The molecule has 1 aliphatic heterocycles. The number of hydrogen-bond donors (Lipinski definition) is 0. The second-order valence-electron chi connectivity index (χ2n) is 13.2. The van der Waals surface area contributed by atoms with Gasteiger partial charge in [0.2, 0.25) is 0 Å². The molecule has 226 valence electrons. The number of nitrogens with zero attached hydrogens (tertiary/aromatic N) is 3. The van der Waals surface area contributed by atoms with E-state index in [1.807, 2.05) is 0 Å². The fraction of sp³-hybridized carbons (Fsp3) is 0.159. The van der Waals surface area contributed by atoms with Gasteiger partial charge in [0.15, 0.2) is 0 Å². The molecule has 4 atom stereocenters. The maximum Gasteiger partial charge on any atom is 0.101 e. The van der Waals surface area contributed by atoms with Crippen LogP contribution in [-0.4, -0.2) is 10.6 Å². The lowest BCUT2D eigenvalue weighted by Crippen LogP contribution is -2.35. The van der Waals surface area contributed by atoms with Gasteiger partial charge >= 0.3 is 0 Å². The van der Waals surface area contributed by atoms with Crippen LogP contribution in [0.4, 0.5) is 5.69 Å². The quantitative estimate of drug-likeness (QED) is 0.204. The van der Waals surface area contributed by atoms with E-state index in [1.54, 1.807) is 0 Å². The summed E-state index contributed by atoms with van der Waals surface area (Å²) in [7, 11) is 0. The van der Waals surface area contributed by atoms with Gasteiger partial charge in [-0.1, -0.05) is 134 Å². The first kappa shape index (κ1) is 27.7. The Morgan fingerprint density at radius 3 is 2.23 bits per heavy atom. The molecule has 47 heavy (non-hydrogen) atoms. The highest BCUT2D eigenvalue weighted by atomic mass is 15.2. The number of nitriles is 1. The molecule has 2 heterocycles. The van der Waals surface area contributed by atoms with Gasteiger partial charge in [0, 0.05) is 45.5 Å². The van der Waals surface area contributed by atoms with Crippen molar-refractivity contribution in [3.8, 4) is 6.07 Å². The van der Waals surface area contributed by atoms with Crippen LogP contribution in [0.3, 0.4) is 0 Å². The average Bonchev–Trinajstić information content (AvgIpc) is 3.64. The van der Waals surface area contributed by atoms with Crippen LogP contribution in [0.2, 0.25) is 0 Å². The van der Waals surface area contributed by atoms with Crippen molar-refractivity contribution in [2.24, 2.45) is 5.92 Å². The number of rotatable bonds is 4. The highest BCUT2D eigenvalue weighted by Crippen LogP contribution is 2.49. The first-order valence-corrected chi connectivity index (χ1v) is 16.8. The largest absolute Gasteiger partial charge is 0.336 e. The second-order valence-corrected chi connectivity index (χ2v) is 13.2. The minimum absolute atomic E-state index is 0.148. The Morgan fingerprint density at radius 1 is 0.766 bits per heavy atom. The van der Waals surface area contributed by atoms with E-state index >= 15 is 0 Å². The van der Waals surface area contributed by atoms with Crippen LogP contribution in [0, 0.1) is 17.2 Å². The van der Waals surface area contributed by atoms with E-state index in [9.17, 15) is 5.26 Å². The van der Waals surface area contributed by atoms with Gasteiger partial charge in [-0.2, -0.15) is 5.26 Å². The number of fused-ring (bicyclic) bond motifs is 6. The average molecular weight is 606 g/mol. The molecule has 0 saturated carbocycles. The highest BCUT2D eigenvalue weighted by molar-refractivity contribution is 6.10. The minimum Gasteiger partial charge on any atom is -0.336 e. The number of hydrogen-bond acceptors (Lipinski definition) is 2. The molecule has 0 bridgehead atoms. The number of allylic oxidation sites excluding steroid dienone is 10. The van der Waals surface area contributed by atoms with Crippen molar-refractivity contribution >= 4 is 38.8 Å². The molecule has 4 aliphatic rings. The van der Waals surface area contributed by atoms with Gasteiger partial charge in [0.05, 0.1) is 28.3 Å². The molecule has 0 radical (unpaired) electrons. The molecule has 1 aromatic heterocycles. The Balaban J connectivity index is 1.07. The Hall–Kier alpha value is -5.59. The minimum atomic E-state index is 0.148. The van der Waals surface area contributed by atoms with Gasteiger partial charge in [0.25, 0.3) is 0 Å². The fourth-order valence-corrected chi connectivity index (χ4v) is 8.37. The molecule has 0 amide bonds. The van der Waals surface area contributed by atoms with Crippen molar-refractivity contribution in [1.29, 1.82) is 5.26 Å². The van der Waals surface area contributed by atoms with Crippen LogP contribution in [0.25, 0.3) is 33.1 Å². The van der Waals surface area contributed by atoms with Gasteiger partial charge in [-0.15, -0.1) is 0 Å². The molecule has 9 rings (SSSR count). The van der Waals surface area contributed by atoms with Crippen LogP contribution in [0.1, 0.15) is 48.3 Å². The molecule has 4 unspecified atom stereocenters. The van der Waals surface area contributed by atoms with Gasteiger partial charge in [0.1, 0.15) is 6.07 Å². The molecule has 0 saturated heterocycles. The van der Waals surface area contributed by atoms with Crippen LogP contribution in [-0.2, 0) is 0 Å². The van der Waals surface area contributed by atoms with Gasteiger partial charge in [-0.25, -0.2) is 0 Å². The fourth-order valence-electron chi connectivity index (χ4n) is 8.37. The Kier molecular flexibility index (Phi) is 6.50. The number of anilines is 1. The summed E-state index contributed by atoms with van der Waals surface area (Å²) in [5, 5.41) is 12.8. The van der Waals surface area contributed by atoms with Gasteiger partial charge in [-0.3, -0.25) is 0 Å². The maximum absolute atomic E-state index is 10.4. The van der Waals surface area contributed by atoms with Crippen molar-refractivity contribution in [1.82, 2.24) is 4.57 Å². The van der Waals surface area contributed by atoms with E-state index in [0.29, 0.717) is 17.9 Å². The first-order valence-electron chi connectivity index (χ1n) is 16.8. The third-order valence-electron chi connectivity index (χ3n) is 10.5. The molecule has 3 nitrogen and oxygen atoms in total. The lowest BCUT2D eigenvalue weighted by molar-refractivity contribution is 0.616. The zero-order chi connectivity index (χ0) is 31.5. The summed E-state index contributed by atoms with van der Waals surface area (Å²) in [6.07, 6.45) is 20.1. The number of benzene rings is 4. The second kappa shape index (κ2) is 11.0. The molecule has 3 heteroatoms. The van der Waals surface area contributed by atoms with Crippen molar-refractivity contribution in [3.63, 3.8) is 0 Å². The number of aromatic nitrogens is 1. The summed E-state index contributed by atoms with van der Waals surface area (Å²) in [5.74, 6) is 0.929. The predicted octanol–water partition coefficient (Wildman–Crippen LogP) is 10.7. The van der Waals surface area contributed by atoms with Crippen LogP contribution in [0.5, 0.6) is 0 Å². The summed E-state index contributed by atoms with van der Waals surface area (Å²) in [4.78, 5) is 2.61. The Bertz CT molecular complexity index is 2240. The van der Waals surface area contributed by atoms with E-state index in [2.05, 4.69) is 168 Å². The molecule has 3 aliphatic carbocycles. The standard InChI is InChI=1S/C44H35N3/c1-29-11-10-16-34(44(29)47-42-19-8-4-14-37(42)38-15-5-9-20-43(38)47)31-23-21-30(22-24-31)32-25-26-39(33(27-32)28-45)46-40-17-6-2-12-35(40)36-13-3-7-18-41(36)46/h2-10,12-24,26-27,29,32,37,42H,11,25H2,1H3. The number of para-hydroxylation sites is 3. The third kappa shape index (κ3) is 4.32. The molecule has 0 spiro atoms. The molecular weight excluding hydrogens is 571 g/mol. The SMILES string of the molecule is CC1CC=CC(c2ccc(C3C=C(C#N)C(n4c5ccccc5c5ccccc54)=CC3)cc2)=C1N1c2ccccc2C2C=CC=CC21. The smallest absolute Gasteiger partial charge is 0.101 e. The summed E-state index contributed by atoms with van der Waals surface area (Å²) in [5.41, 5.74) is 11.9. The van der Waals surface area contributed by atoms with E-state index in [1.165, 1.54) is 44.4 Å². The van der Waals surface area contributed by atoms with E-state index in [4.69, 9.17) is 0 Å².